The summed E-state index contributed by atoms with van der Waals surface area (Å²) in [5.74, 6) is 3.07. The molecule has 0 radical (unpaired) electrons. The van der Waals surface area contributed by atoms with Gasteiger partial charge in [0.25, 0.3) is 0 Å². The Morgan fingerprint density at radius 1 is 1.11 bits per heavy atom. The third-order valence-electron chi connectivity index (χ3n) is 7.44. The van der Waals surface area contributed by atoms with Gasteiger partial charge in [0.05, 0.1) is 34.6 Å². The molecule has 0 aromatic carbocycles. The number of aromatic nitrogens is 2. The van der Waals surface area contributed by atoms with E-state index in [0.717, 1.165) is 55.3 Å². The second kappa shape index (κ2) is 6.87. The van der Waals surface area contributed by atoms with Gasteiger partial charge in [-0.15, -0.1) is 0 Å². The summed E-state index contributed by atoms with van der Waals surface area (Å²) >= 11 is 0. The zero-order valence-electron chi connectivity index (χ0n) is 17.0. The second-order valence-corrected chi connectivity index (χ2v) is 11.6. The maximum atomic E-state index is 11.9. The first-order chi connectivity index (χ1) is 13.4. The Bertz CT molecular complexity index is 882. The van der Waals surface area contributed by atoms with Crippen LogP contribution >= 0.6 is 0 Å². The van der Waals surface area contributed by atoms with Crippen LogP contribution in [0.25, 0.3) is 0 Å². The van der Waals surface area contributed by atoms with Crippen LogP contribution in [-0.2, 0) is 9.84 Å². The van der Waals surface area contributed by atoms with Crippen molar-refractivity contribution < 1.29 is 8.42 Å². The molecule has 0 N–H and O–H groups in total. The van der Waals surface area contributed by atoms with Gasteiger partial charge in [0, 0.05) is 32.7 Å². The number of hydrogen-bond acceptors (Lipinski definition) is 5. The third-order valence-corrected chi connectivity index (χ3v) is 9.19. The van der Waals surface area contributed by atoms with Crippen molar-refractivity contribution in [2.75, 3.05) is 49.1 Å². The Kier molecular flexibility index (Phi) is 4.58. The van der Waals surface area contributed by atoms with Crippen molar-refractivity contribution in [1.29, 1.82) is 0 Å². The molecular weight excluding hydrogens is 372 g/mol. The van der Waals surface area contributed by atoms with Gasteiger partial charge in [-0.3, -0.25) is 9.58 Å². The summed E-state index contributed by atoms with van der Waals surface area (Å²) in [4.78, 5) is 5.11. The van der Waals surface area contributed by atoms with Gasteiger partial charge in [-0.1, -0.05) is 12.2 Å². The van der Waals surface area contributed by atoms with Gasteiger partial charge in [-0.25, -0.2) is 8.42 Å². The fourth-order valence-electron chi connectivity index (χ4n) is 6.03. The fourth-order valence-corrected chi connectivity index (χ4v) is 7.72. The molecule has 2 saturated heterocycles. The fraction of sp³-hybridized carbons (Fsp3) is 0.762. The maximum Gasteiger partial charge on any atom is 0.152 e. The zero-order chi connectivity index (χ0) is 19.5. The molecule has 4 aliphatic rings. The van der Waals surface area contributed by atoms with E-state index in [1.807, 2.05) is 4.68 Å². The number of hydrogen-bond donors (Lipinski definition) is 0. The molecular formula is C21H32N4O2S. The summed E-state index contributed by atoms with van der Waals surface area (Å²) in [6.07, 6.45) is 8.35. The van der Waals surface area contributed by atoms with Crippen LogP contribution in [0.2, 0.25) is 0 Å². The van der Waals surface area contributed by atoms with E-state index >= 15 is 0 Å². The van der Waals surface area contributed by atoms with Crippen LogP contribution in [0.5, 0.6) is 0 Å². The average molecular weight is 405 g/mol. The number of aryl methyl sites for hydroxylation is 1. The molecule has 4 unspecified atom stereocenters. The molecule has 1 aromatic rings. The molecule has 4 atom stereocenters. The molecule has 5 rings (SSSR count). The zero-order valence-corrected chi connectivity index (χ0v) is 17.9. The number of piperazine rings is 1. The first-order valence-corrected chi connectivity index (χ1v) is 12.6. The van der Waals surface area contributed by atoms with Crippen molar-refractivity contribution >= 4 is 15.5 Å². The summed E-state index contributed by atoms with van der Waals surface area (Å²) in [6, 6.07) is 0.00424. The summed E-state index contributed by atoms with van der Waals surface area (Å²) < 4.78 is 25.8. The van der Waals surface area contributed by atoms with Crippen molar-refractivity contribution in [3.8, 4) is 0 Å². The Morgan fingerprint density at radius 3 is 2.50 bits per heavy atom. The third kappa shape index (κ3) is 3.30. The lowest BCUT2D eigenvalue weighted by molar-refractivity contribution is 0.204. The lowest BCUT2D eigenvalue weighted by Crippen LogP contribution is -2.48. The molecule has 2 bridgehead atoms. The van der Waals surface area contributed by atoms with E-state index in [1.54, 1.807) is 0 Å². The van der Waals surface area contributed by atoms with Gasteiger partial charge in [-0.2, -0.15) is 5.10 Å². The molecule has 7 heteroatoms. The highest BCUT2D eigenvalue weighted by atomic mass is 32.2. The molecule has 3 fully saturated rings. The summed E-state index contributed by atoms with van der Waals surface area (Å²) in [5.41, 5.74) is 3.39. The van der Waals surface area contributed by atoms with Gasteiger partial charge in [0.1, 0.15) is 0 Å². The normalized spacial score (nSPS) is 34.6. The summed E-state index contributed by atoms with van der Waals surface area (Å²) in [6.45, 7) is 9.71. The summed E-state index contributed by atoms with van der Waals surface area (Å²) in [7, 11) is -2.90. The van der Waals surface area contributed by atoms with Crippen LogP contribution < -0.4 is 4.90 Å². The number of rotatable bonds is 4. The minimum atomic E-state index is -2.90. The van der Waals surface area contributed by atoms with E-state index in [1.165, 1.54) is 25.1 Å². The standard InChI is InChI=1S/C21H32N4O2S/c1-15-21(16(2)25(22-15)20-5-10-28(26,27)14-20)24-8-6-23(7-9-24)13-19-12-17-3-4-18(19)11-17/h3-4,17-20H,5-14H2,1-2H3. The average Bonchev–Trinajstić information content (AvgIpc) is 3.41. The molecule has 154 valence electrons. The monoisotopic (exact) mass is 404 g/mol. The highest BCUT2D eigenvalue weighted by Crippen LogP contribution is 2.43. The van der Waals surface area contributed by atoms with E-state index in [-0.39, 0.29) is 11.8 Å². The van der Waals surface area contributed by atoms with Gasteiger partial charge >= 0.3 is 0 Å². The SMILES string of the molecule is Cc1nn(C2CCS(=O)(=O)C2)c(C)c1N1CCN(CC2CC3C=CC2C3)CC1. The lowest BCUT2D eigenvalue weighted by Gasteiger charge is -2.38. The number of allylic oxidation sites excluding steroid dienone is 2. The smallest absolute Gasteiger partial charge is 0.152 e. The van der Waals surface area contributed by atoms with Gasteiger partial charge in [0.15, 0.2) is 9.84 Å². The first-order valence-electron chi connectivity index (χ1n) is 10.8. The molecule has 2 aliphatic carbocycles. The molecule has 2 aliphatic heterocycles. The summed E-state index contributed by atoms with van der Waals surface area (Å²) in [5, 5.41) is 4.75. The Morgan fingerprint density at radius 2 is 1.89 bits per heavy atom. The topological polar surface area (TPSA) is 58.4 Å². The van der Waals surface area contributed by atoms with Gasteiger partial charge in [0.2, 0.25) is 0 Å². The minimum absolute atomic E-state index is 0.00424. The first kappa shape index (κ1) is 18.7. The van der Waals surface area contributed by atoms with Crippen molar-refractivity contribution in [3.05, 3.63) is 23.5 Å². The predicted octanol–water partition coefficient (Wildman–Crippen LogP) is 2.19. The minimum Gasteiger partial charge on any atom is -0.366 e. The van der Waals surface area contributed by atoms with Crippen molar-refractivity contribution in [3.63, 3.8) is 0 Å². The van der Waals surface area contributed by atoms with E-state index in [2.05, 4.69) is 35.8 Å². The highest BCUT2D eigenvalue weighted by Gasteiger charge is 2.37. The second-order valence-electron chi connectivity index (χ2n) is 9.35. The van der Waals surface area contributed by atoms with Gasteiger partial charge in [-0.05, 0) is 50.9 Å². The molecule has 0 spiro atoms. The van der Waals surface area contributed by atoms with E-state index < -0.39 is 9.84 Å². The largest absolute Gasteiger partial charge is 0.366 e. The van der Waals surface area contributed by atoms with Crippen molar-refractivity contribution in [1.82, 2.24) is 14.7 Å². The van der Waals surface area contributed by atoms with Crippen LogP contribution in [0.1, 0.15) is 36.7 Å². The van der Waals surface area contributed by atoms with Crippen LogP contribution in [0.4, 0.5) is 5.69 Å². The molecule has 3 heterocycles. The number of fused-ring (bicyclic) bond motifs is 2. The number of sulfone groups is 1. The van der Waals surface area contributed by atoms with E-state index in [9.17, 15) is 8.42 Å². The highest BCUT2D eigenvalue weighted by molar-refractivity contribution is 7.91. The molecule has 6 nitrogen and oxygen atoms in total. The predicted molar refractivity (Wildman–Crippen MR) is 112 cm³/mol. The van der Waals surface area contributed by atoms with Crippen LogP contribution in [0, 0.1) is 31.6 Å². The molecule has 1 saturated carbocycles. The number of anilines is 1. The van der Waals surface area contributed by atoms with Crippen molar-refractivity contribution in [2.45, 2.75) is 39.2 Å². The van der Waals surface area contributed by atoms with Crippen LogP contribution in [0.15, 0.2) is 12.2 Å². The lowest BCUT2D eigenvalue weighted by atomic mass is 9.93. The molecule has 1 aromatic heterocycles. The van der Waals surface area contributed by atoms with Gasteiger partial charge < -0.3 is 4.90 Å². The van der Waals surface area contributed by atoms with Crippen LogP contribution in [-0.4, -0.2) is 67.3 Å². The van der Waals surface area contributed by atoms with Crippen LogP contribution in [0.3, 0.4) is 0 Å². The number of nitrogens with zero attached hydrogens (tertiary/aromatic N) is 4. The molecule has 0 amide bonds. The Hall–Kier alpha value is -1.34. The Labute approximate surface area is 168 Å². The van der Waals surface area contributed by atoms with E-state index in [4.69, 9.17) is 5.10 Å². The quantitative estimate of drug-likeness (QED) is 0.720. The Balaban J connectivity index is 1.23. The van der Waals surface area contributed by atoms with E-state index in [0.29, 0.717) is 12.2 Å². The van der Waals surface area contributed by atoms with Crippen molar-refractivity contribution in [2.24, 2.45) is 17.8 Å². The maximum absolute atomic E-state index is 11.9. The molecule has 28 heavy (non-hydrogen) atoms.